The molecular formula is C12H15ClN2O3. The number of carbonyl (C=O) groups is 1. The summed E-state index contributed by atoms with van der Waals surface area (Å²) in [6.07, 6.45) is 1.70. The van der Waals surface area contributed by atoms with Gasteiger partial charge in [-0.15, -0.1) is 0 Å². The van der Waals surface area contributed by atoms with Crippen LogP contribution in [0.5, 0.6) is 0 Å². The van der Waals surface area contributed by atoms with E-state index in [-0.39, 0.29) is 16.3 Å². The van der Waals surface area contributed by atoms with Crippen LogP contribution in [-0.4, -0.2) is 34.8 Å². The SMILES string of the molecule is CC1(Nc2cc(C(=O)O)cc(Cl)n2)CCOCC1. The van der Waals surface area contributed by atoms with Gasteiger partial charge in [0.2, 0.25) is 0 Å². The molecule has 1 aliphatic rings. The van der Waals surface area contributed by atoms with Gasteiger partial charge >= 0.3 is 5.97 Å². The number of anilines is 1. The lowest BCUT2D eigenvalue weighted by Gasteiger charge is -2.35. The lowest BCUT2D eigenvalue weighted by molar-refractivity contribution is 0.0655. The molecule has 2 rings (SSSR count). The number of rotatable bonds is 3. The van der Waals surface area contributed by atoms with E-state index in [2.05, 4.69) is 17.2 Å². The van der Waals surface area contributed by atoms with Crippen molar-refractivity contribution < 1.29 is 14.6 Å². The number of hydrogen-bond donors (Lipinski definition) is 2. The van der Waals surface area contributed by atoms with Gasteiger partial charge in [-0.2, -0.15) is 0 Å². The number of hydrogen-bond acceptors (Lipinski definition) is 4. The highest BCUT2D eigenvalue weighted by atomic mass is 35.5. The molecule has 1 aliphatic heterocycles. The fourth-order valence-electron chi connectivity index (χ4n) is 1.94. The second kappa shape index (κ2) is 5.12. The van der Waals surface area contributed by atoms with Crippen LogP contribution in [0, 0.1) is 0 Å². The summed E-state index contributed by atoms with van der Waals surface area (Å²) in [6.45, 7) is 3.45. The number of pyridine rings is 1. The van der Waals surface area contributed by atoms with Crippen LogP contribution in [0.25, 0.3) is 0 Å². The van der Waals surface area contributed by atoms with E-state index < -0.39 is 5.97 Å². The third-order valence-electron chi connectivity index (χ3n) is 3.07. The third kappa shape index (κ3) is 3.11. The van der Waals surface area contributed by atoms with Crippen LogP contribution >= 0.6 is 11.6 Å². The highest BCUT2D eigenvalue weighted by Crippen LogP contribution is 2.25. The second-order valence-electron chi connectivity index (χ2n) is 4.67. The maximum atomic E-state index is 10.9. The predicted molar refractivity (Wildman–Crippen MR) is 68.3 cm³/mol. The first-order valence-electron chi connectivity index (χ1n) is 5.75. The molecule has 1 saturated heterocycles. The summed E-state index contributed by atoms with van der Waals surface area (Å²) in [5, 5.41) is 12.4. The summed E-state index contributed by atoms with van der Waals surface area (Å²) in [7, 11) is 0. The minimum absolute atomic E-state index is 0.133. The van der Waals surface area contributed by atoms with E-state index >= 15 is 0 Å². The minimum atomic E-state index is -1.01. The number of aromatic nitrogens is 1. The molecule has 0 amide bonds. The molecule has 0 aromatic carbocycles. The Kier molecular flexibility index (Phi) is 3.73. The van der Waals surface area contributed by atoms with Crippen molar-refractivity contribution >= 4 is 23.4 Å². The molecular weight excluding hydrogens is 256 g/mol. The van der Waals surface area contributed by atoms with Gasteiger partial charge in [-0.05, 0) is 31.9 Å². The second-order valence-corrected chi connectivity index (χ2v) is 5.05. The Labute approximate surface area is 110 Å². The number of nitrogens with zero attached hydrogens (tertiary/aromatic N) is 1. The Bertz CT molecular complexity index is 459. The fourth-order valence-corrected chi connectivity index (χ4v) is 2.15. The largest absolute Gasteiger partial charge is 0.478 e. The summed E-state index contributed by atoms with van der Waals surface area (Å²) >= 11 is 5.82. The summed E-state index contributed by atoms with van der Waals surface area (Å²) in [6, 6.07) is 2.83. The smallest absolute Gasteiger partial charge is 0.335 e. The van der Waals surface area contributed by atoms with Crippen LogP contribution in [0.1, 0.15) is 30.1 Å². The van der Waals surface area contributed by atoms with E-state index in [1.54, 1.807) is 0 Å². The first-order chi connectivity index (χ1) is 8.48. The molecule has 0 aliphatic carbocycles. The zero-order chi connectivity index (χ0) is 13.2. The van der Waals surface area contributed by atoms with Gasteiger partial charge in [0.05, 0.1) is 5.56 Å². The van der Waals surface area contributed by atoms with Gasteiger partial charge in [0.25, 0.3) is 0 Å². The molecule has 1 fully saturated rings. The maximum absolute atomic E-state index is 10.9. The Morgan fingerprint density at radius 1 is 1.50 bits per heavy atom. The van der Waals surface area contributed by atoms with Crippen LogP contribution < -0.4 is 5.32 Å². The average molecular weight is 271 g/mol. The number of aromatic carboxylic acids is 1. The normalized spacial score (nSPS) is 18.3. The number of nitrogens with one attached hydrogen (secondary N) is 1. The molecule has 5 nitrogen and oxygen atoms in total. The van der Waals surface area contributed by atoms with E-state index in [4.69, 9.17) is 21.4 Å². The molecule has 1 aromatic rings. The van der Waals surface area contributed by atoms with Gasteiger partial charge in [0.1, 0.15) is 11.0 Å². The van der Waals surface area contributed by atoms with Gasteiger partial charge < -0.3 is 15.2 Å². The topological polar surface area (TPSA) is 71.5 Å². The van der Waals surface area contributed by atoms with Gasteiger partial charge in [-0.1, -0.05) is 11.6 Å². The highest BCUT2D eigenvalue weighted by molar-refractivity contribution is 6.29. The molecule has 0 saturated carbocycles. The van der Waals surface area contributed by atoms with Crippen LogP contribution in [0.4, 0.5) is 5.82 Å². The third-order valence-corrected chi connectivity index (χ3v) is 3.26. The van der Waals surface area contributed by atoms with Crippen molar-refractivity contribution in [1.82, 2.24) is 4.98 Å². The molecule has 0 radical (unpaired) electrons. The molecule has 2 heterocycles. The van der Waals surface area contributed by atoms with Gasteiger partial charge in [0, 0.05) is 18.8 Å². The lowest BCUT2D eigenvalue weighted by atomic mass is 9.92. The molecule has 0 atom stereocenters. The molecule has 98 valence electrons. The maximum Gasteiger partial charge on any atom is 0.335 e. The molecule has 0 unspecified atom stereocenters. The average Bonchev–Trinajstić information content (AvgIpc) is 2.28. The Balaban J connectivity index is 2.20. The summed E-state index contributed by atoms with van der Waals surface area (Å²) in [5.74, 6) is -0.524. The van der Waals surface area contributed by atoms with Crippen molar-refractivity contribution in [2.45, 2.75) is 25.3 Å². The van der Waals surface area contributed by atoms with Crippen LogP contribution in [0.3, 0.4) is 0 Å². The molecule has 2 N–H and O–H groups in total. The van der Waals surface area contributed by atoms with E-state index in [1.165, 1.54) is 12.1 Å². The van der Waals surface area contributed by atoms with Crippen molar-refractivity contribution in [1.29, 1.82) is 0 Å². The fraction of sp³-hybridized carbons (Fsp3) is 0.500. The van der Waals surface area contributed by atoms with Gasteiger partial charge in [-0.3, -0.25) is 0 Å². The summed E-state index contributed by atoms with van der Waals surface area (Å²) < 4.78 is 5.31. The van der Waals surface area contributed by atoms with Crippen molar-refractivity contribution in [3.8, 4) is 0 Å². The van der Waals surface area contributed by atoms with E-state index in [0.717, 1.165) is 12.8 Å². The van der Waals surface area contributed by atoms with Crippen LogP contribution in [-0.2, 0) is 4.74 Å². The molecule has 0 spiro atoms. The summed E-state index contributed by atoms with van der Waals surface area (Å²) in [5.41, 5.74) is -0.000674. The van der Waals surface area contributed by atoms with Gasteiger partial charge in [-0.25, -0.2) is 9.78 Å². The summed E-state index contributed by atoms with van der Waals surface area (Å²) in [4.78, 5) is 15.0. The zero-order valence-electron chi connectivity index (χ0n) is 10.1. The lowest BCUT2D eigenvalue weighted by Crippen LogP contribution is -2.40. The van der Waals surface area contributed by atoms with E-state index in [9.17, 15) is 4.79 Å². The van der Waals surface area contributed by atoms with Crippen molar-refractivity contribution in [2.24, 2.45) is 0 Å². The monoisotopic (exact) mass is 270 g/mol. The van der Waals surface area contributed by atoms with Crippen LogP contribution in [0.2, 0.25) is 5.15 Å². The van der Waals surface area contributed by atoms with Crippen molar-refractivity contribution in [2.75, 3.05) is 18.5 Å². The number of carboxylic acids is 1. The minimum Gasteiger partial charge on any atom is -0.478 e. The Hall–Kier alpha value is -1.33. The first-order valence-corrected chi connectivity index (χ1v) is 6.13. The first kappa shape index (κ1) is 13.1. The molecule has 1 aromatic heterocycles. The standard InChI is InChI=1S/C12H15ClN2O3/c1-12(2-4-18-5-3-12)15-10-7-8(11(16)17)6-9(13)14-10/h6-7H,2-5H2,1H3,(H,14,15)(H,16,17). The van der Waals surface area contributed by atoms with Crippen LogP contribution in [0.15, 0.2) is 12.1 Å². The Morgan fingerprint density at radius 2 is 2.17 bits per heavy atom. The zero-order valence-corrected chi connectivity index (χ0v) is 10.8. The number of carboxylic acid groups (broad SMARTS) is 1. The highest BCUT2D eigenvalue weighted by Gasteiger charge is 2.27. The van der Waals surface area contributed by atoms with E-state index in [0.29, 0.717) is 19.0 Å². The molecule has 0 bridgehead atoms. The van der Waals surface area contributed by atoms with Crippen molar-refractivity contribution in [3.63, 3.8) is 0 Å². The number of ether oxygens (including phenoxy) is 1. The number of halogens is 1. The quantitative estimate of drug-likeness (QED) is 0.826. The predicted octanol–water partition coefficient (Wildman–Crippen LogP) is 2.41. The van der Waals surface area contributed by atoms with Gasteiger partial charge in [0.15, 0.2) is 0 Å². The molecule has 6 heteroatoms. The molecule has 18 heavy (non-hydrogen) atoms. The van der Waals surface area contributed by atoms with Crippen molar-refractivity contribution in [3.05, 3.63) is 22.8 Å². The van der Waals surface area contributed by atoms with E-state index in [1.807, 2.05) is 0 Å². The Morgan fingerprint density at radius 3 is 2.78 bits per heavy atom.